The zero-order chi connectivity index (χ0) is 9.97. The molecule has 3 N–H and O–H groups in total. The molecular weight excluding hydrogens is 180 g/mol. The minimum atomic E-state index is -0.190. The van der Waals surface area contributed by atoms with Crippen LogP contribution in [0, 0.1) is 5.92 Å². The highest BCUT2D eigenvalue weighted by molar-refractivity contribution is 5.79. The minimum absolute atomic E-state index is 0.140. The Kier molecular flexibility index (Phi) is 3.03. The van der Waals surface area contributed by atoms with E-state index in [-0.39, 0.29) is 24.0 Å². The van der Waals surface area contributed by atoms with Gasteiger partial charge in [-0.3, -0.25) is 4.79 Å². The fourth-order valence-corrected chi connectivity index (χ4v) is 2.10. The first-order chi connectivity index (χ1) is 6.75. The number of aliphatic hydroxyl groups excluding tert-OH is 1. The van der Waals surface area contributed by atoms with E-state index >= 15 is 0 Å². The smallest absolute Gasteiger partial charge is 0.224 e. The van der Waals surface area contributed by atoms with Crippen LogP contribution in [0.1, 0.15) is 25.7 Å². The number of nitrogens with one attached hydrogen (secondary N) is 2. The molecule has 1 heterocycles. The molecule has 80 valence electrons. The van der Waals surface area contributed by atoms with Crippen LogP contribution in [0.4, 0.5) is 0 Å². The number of hydrogen-bond donors (Lipinski definition) is 3. The Hall–Kier alpha value is -0.610. The van der Waals surface area contributed by atoms with Gasteiger partial charge in [0.05, 0.1) is 12.0 Å². The quantitative estimate of drug-likeness (QED) is 0.567. The normalized spacial score (nSPS) is 37.4. The molecule has 0 unspecified atom stereocenters. The van der Waals surface area contributed by atoms with Gasteiger partial charge in [0.2, 0.25) is 5.91 Å². The second-order valence-corrected chi connectivity index (χ2v) is 4.37. The summed E-state index contributed by atoms with van der Waals surface area (Å²) in [6.45, 7) is 1.84. The molecule has 2 aliphatic rings. The summed E-state index contributed by atoms with van der Waals surface area (Å²) in [6.07, 6.45) is 3.35. The zero-order valence-corrected chi connectivity index (χ0v) is 8.33. The zero-order valence-electron chi connectivity index (χ0n) is 8.33. The van der Waals surface area contributed by atoms with Crippen molar-refractivity contribution in [2.75, 3.05) is 13.1 Å². The Labute approximate surface area is 84.1 Å². The van der Waals surface area contributed by atoms with E-state index < -0.39 is 0 Å². The van der Waals surface area contributed by atoms with E-state index in [0.29, 0.717) is 0 Å². The molecule has 1 saturated carbocycles. The Bertz CT molecular complexity index is 208. The monoisotopic (exact) mass is 198 g/mol. The third-order valence-electron chi connectivity index (χ3n) is 3.13. The van der Waals surface area contributed by atoms with Gasteiger partial charge in [0.25, 0.3) is 0 Å². The number of carbonyl (C=O) groups excluding carboxylic acids is 1. The third-order valence-corrected chi connectivity index (χ3v) is 3.13. The van der Waals surface area contributed by atoms with Crippen molar-refractivity contribution in [3.63, 3.8) is 0 Å². The van der Waals surface area contributed by atoms with Crippen LogP contribution >= 0.6 is 0 Å². The SMILES string of the molecule is O=C(NC1CC(O)C1)[C@@H]1CCCNC1. The van der Waals surface area contributed by atoms with E-state index in [4.69, 9.17) is 5.11 Å². The maximum absolute atomic E-state index is 11.7. The molecule has 2 rings (SSSR count). The second-order valence-electron chi connectivity index (χ2n) is 4.37. The Morgan fingerprint density at radius 1 is 1.43 bits per heavy atom. The van der Waals surface area contributed by atoms with Gasteiger partial charge in [-0.05, 0) is 32.2 Å². The number of rotatable bonds is 2. The van der Waals surface area contributed by atoms with E-state index in [1.165, 1.54) is 0 Å². The van der Waals surface area contributed by atoms with Crippen molar-refractivity contribution in [2.45, 2.75) is 37.8 Å². The molecule has 14 heavy (non-hydrogen) atoms. The standard InChI is InChI=1S/C10H18N2O2/c13-9-4-8(5-9)12-10(14)7-2-1-3-11-6-7/h7-9,11,13H,1-6H2,(H,12,14)/t7-,8?,9?/m1/s1. The van der Waals surface area contributed by atoms with Crippen LogP contribution in [0.3, 0.4) is 0 Å². The summed E-state index contributed by atoms with van der Waals surface area (Å²) in [5, 5.41) is 15.3. The first-order valence-electron chi connectivity index (χ1n) is 5.45. The first kappa shape index (κ1) is 9.93. The van der Waals surface area contributed by atoms with Gasteiger partial charge in [0.1, 0.15) is 0 Å². The highest BCUT2D eigenvalue weighted by Gasteiger charge is 2.30. The Balaban J connectivity index is 1.71. The lowest BCUT2D eigenvalue weighted by Crippen LogP contribution is -2.50. The number of aliphatic hydroxyl groups is 1. The van der Waals surface area contributed by atoms with E-state index in [1.54, 1.807) is 0 Å². The van der Waals surface area contributed by atoms with E-state index in [2.05, 4.69) is 10.6 Å². The molecule has 0 bridgehead atoms. The van der Waals surface area contributed by atoms with Crippen LogP contribution in [0.25, 0.3) is 0 Å². The van der Waals surface area contributed by atoms with Gasteiger partial charge < -0.3 is 15.7 Å². The maximum atomic E-state index is 11.7. The van der Waals surface area contributed by atoms with Crippen molar-refractivity contribution >= 4 is 5.91 Å². The molecule has 0 radical (unpaired) electrons. The van der Waals surface area contributed by atoms with Crippen LogP contribution in [0.15, 0.2) is 0 Å². The third kappa shape index (κ3) is 2.25. The summed E-state index contributed by atoms with van der Waals surface area (Å²) < 4.78 is 0. The molecule has 0 aromatic rings. The molecule has 1 aliphatic carbocycles. The summed E-state index contributed by atoms with van der Waals surface area (Å²) in [6, 6.07) is 0.222. The average Bonchev–Trinajstić information content (AvgIpc) is 2.17. The van der Waals surface area contributed by atoms with Gasteiger partial charge in [0, 0.05) is 12.6 Å². The summed E-state index contributed by atoms with van der Waals surface area (Å²) in [4.78, 5) is 11.7. The first-order valence-corrected chi connectivity index (χ1v) is 5.45. The van der Waals surface area contributed by atoms with Gasteiger partial charge in [-0.1, -0.05) is 0 Å². The predicted molar refractivity (Wildman–Crippen MR) is 52.8 cm³/mol. The van der Waals surface area contributed by atoms with Crippen molar-refractivity contribution in [3.8, 4) is 0 Å². The fraction of sp³-hybridized carbons (Fsp3) is 0.900. The number of hydrogen-bond acceptors (Lipinski definition) is 3. The lowest BCUT2D eigenvalue weighted by Gasteiger charge is -2.33. The van der Waals surface area contributed by atoms with Crippen LogP contribution in [-0.2, 0) is 4.79 Å². The maximum Gasteiger partial charge on any atom is 0.224 e. The molecule has 4 heteroatoms. The topological polar surface area (TPSA) is 61.4 Å². The molecule has 1 amide bonds. The van der Waals surface area contributed by atoms with E-state index in [0.717, 1.165) is 38.8 Å². The molecule has 4 nitrogen and oxygen atoms in total. The minimum Gasteiger partial charge on any atom is -0.393 e. The Morgan fingerprint density at radius 3 is 2.79 bits per heavy atom. The van der Waals surface area contributed by atoms with Crippen LogP contribution in [0.2, 0.25) is 0 Å². The molecule has 0 aromatic carbocycles. The molecule has 2 fully saturated rings. The van der Waals surface area contributed by atoms with Crippen molar-refractivity contribution in [2.24, 2.45) is 5.92 Å². The number of amides is 1. The number of carbonyl (C=O) groups is 1. The van der Waals surface area contributed by atoms with Crippen LogP contribution < -0.4 is 10.6 Å². The van der Waals surface area contributed by atoms with Crippen LogP contribution in [0.5, 0.6) is 0 Å². The Morgan fingerprint density at radius 2 is 2.21 bits per heavy atom. The summed E-state index contributed by atoms with van der Waals surface area (Å²) in [7, 11) is 0. The van der Waals surface area contributed by atoms with E-state index in [9.17, 15) is 4.79 Å². The highest BCUT2D eigenvalue weighted by atomic mass is 16.3. The molecule has 0 spiro atoms. The van der Waals surface area contributed by atoms with E-state index in [1.807, 2.05) is 0 Å². The van der Waals surface area contributed by atoms with Crippen LogP contribution in [-0.4, -0.2) is 36.2 Å². The summed E-state index contributed by atoms with van der Waals surface area (Å²) >= 11 is 0. The highest BCUT2D eigenvalue weighted by Crippen LogP contribution is 2.20. The molecular formula is C10H18N2O2. The lowest BCUT2D eigenvalue weighted by molar-refractivity contribution is -0.127. The molecule has 0 aromatic heterocycles. The summed E-state index contributed by atoms with van der Waals surface area (Å²) in [5.41, 5.74) is 0. The van der Waals surface area contributed by atoms with Crippen molar-refractivity contribution < 1.29 is 9.90 Å². The largest absolute Gasteiger partial charge is 0.393 e. The van der Waals surface area contributed by atoms with Crippen molar-refractivity contribution in [1.82, 2.24) is 10.6 Å². The second kappa shape index (κ2) is 4.28. The van der Waals surface area contributed by atoms with Crippen molar-refractivity contribution in [3.05, 3.63) is 0 Å². The molecule has 1 aliphatic heterocycles. The van der Waals surface area contributed by atoms with Crippen molar-refractivity contribution in [1.29, 1.82) is 0 Å². The van der Waals surface area contributed by atoms with Gasteiger partial charge in [-0.25, -0.2) is 0 Å². The lowest BCUT2D eigenvalue weighted by atomic mass is 9.88. The predicted octanol–water partition coefficient (Wildman–Crippen LogP) is -0.375. The van der Waals surface area contributed by atoms with Gasteiger partial charge in [0.15, 0.2) is 0 Å². The molecule has 1 saturated heterocycles. The number of piperidine rings is 1. The van der Waals surface area contributed by atoms with Gasteiger partial charge in [-0.2, -0.15) is 0 Å². The average molecular weight is 198 g/mol. The van der Waals surface area contributed by atoms with Gasteiger partial charge >= 0.3 is 0 Å². The fourth-order valence-electron chi connectivity index (χ4n) is 2.10. The van der Waals surface area contributed by atoms with Gasteiger partial charge in [-0.15, -0.1) is 0 Å². The summed E-state index contributed by atoms with van der Waals surface area (Å²) in [5.74, 6) is 0.301. The molecule has 1 atom stereocenters.